The van der Waals surface area contributed by atoms with Crippen molar-refractivity contribution in [3.8, 4) is 5.75 Å². The minimum Gasteiger partial charge on any atom is -0.492 e. The summed E-state index contributed by atoms with van der Waals surface area (Å²) in [6.07, 6.45) is 0.0898. The summed E-state index contributed by atoms with van der Waals surface area (Å²) < 4.78 is 63.0. The topological polar surface area (TPSA) is 87.0 Å². The molecule has 3 aliphatic rings. The fourth-order valence-electron chi connectivity index (χ4n) is 6.31. The number of anilines is 2. The quantitative estimate of drug-likeness (QED) is 0.292. The fourth-order valence-corrected chi connectivity index (χ4v) is 6.65. The van der Waals surface area contributed by atoms with Crippen molar-refractivity contribution >= 4 is 45.6 Å². The van der Waals surface area contributed by atoms with Gasteiger partial charge in [0.2, 0.25) is 5.43 Å². The van der Waals surface area contributed by atoms with E-state index in [4.69, 9.17) is 17.0 Å². The molecule has 42 heavy (non-hydrogen) atoms. The number of fused-ring (bicyclic) bond motifs is 2. The van der Waals surface area contributed by atoms with Crippen LogP contribution in [0.4, 0.5) is 28.9 Å². The second-order valence-electron chi connectivity index (χ2n) is 11.0. The van der Waals surface area contributed by atoms with Crippen LogP contribution in [0, 0.1) is 11.7 Å². The van der Waals surface area contributed by atoms with E-state index >= 15 is 4.39 Å². The van der Waals surface area contributed by atoms with Crippen LogP contribution in [0.2, 0.25) is 0 Å². The highest BCUT2D eigenvalue weighted by Gasteiger charge is 2.42. The van der Waals surface area contributed by atoms with E-state index in [9.17, 15) is 27.9 Å². The number of benzene rings is 2. The molecule has 3 aromatic rings. The number of likely N-dealkylation sites (tertiary alicyclic amines) is 1. The van der Waals surface area contributed by atoms with Crippen LogP contribution in [0.1, 0.15) is 47.6 Å². The van der Waals surface area contributed by atoms with Crippen molar-refractivity contribution in [3.05, 3.63) is 63.7 Å². The molecule has 1 saturated carbocycles. The van der Waals surface area contributed by atoms with Crippen LogP contribution in [0.15, 0.2) is 41.3 Å². The fraction of sp³-hybridized carbons (Fsp3) is 0.414. The molecule has 0 bridgehead atoms. The van der Waals surface area contributed by atoms with Crippen molar-refractivity contribution in [1.82, 2.24) is 9.47 Å². The average molecular weight is 605 g/mol. The summed E-state index contributed by atoms with van der Waals surface area (Å²) >= 11 is 5.64. The highest BCUT2D eigenvalue weighted by molar-refractivity contribution is 7.80. The number of piperidine rings is 1. The number of pyridine rings is 1. The Morgan fingerprint density at radius 2 is 1.93 bits per heavy atom. The third kappa shape index (κ3) is 4.93. The van der Waals surface area contributed by atoms with Gasteiger partial charge in [-0.15, -0.1) is 0 Å². The molecule has 0 amide bonds. The minimum absolute atomic E-state index is 0.0191. The third-order valence-corrected chi connectivity index (χ3v) is 8.71. The second-order valence-corrected chi connectivity index (χ2v) is 11.4. The minimum atomic E-state index is -4.48. The maximum absolute atomic E-state index is 15.9. The van der Waals surface area contributed by atoms with E-state index in [1.807, 2.05) is 9.80 Å². The van der Waals surface area contributed by atoms with Gasteiger partial charge < -0.3 is 29.5 Å². The lowest BCUT2D eigenvalue weighted by molar-refractivity contribution is -0.137. The van der Waals surface area contributed by atoms with Gasteiger partial charge in [-0.2, -0.15) is 13.2 Å². The number of methoxy groups -OCH3 is 1. The molecule has 2 saturated heterocycles. The summed E-state index contributed by atoms with van der Waals surface area (Å²) in [6, 6.07) is 5.79. The first-order valence-electron chi connectivity index (χ1n) is 13.7. The van der Waals surface area contributed by atoms with E-state index in [-0.39, 0.29) is 40.5 Å². The Morgan fingerprint density at radius 1 is 1.17 bits per heavy atom. The molecular weight excluding hydrogens is 576 g/mol. The summed E-state index contributed by atoms with van der Waals surface area (Å²) in [4.78, 5) is 28.6. The van der Waals surface area contributed by atoms with E-state index in [0.29, 0.717) is 30.3 Å². The van der Waals surface area contributed by atoms with Crippen molar-refractivity contribution in [2.45, 2.75) is 43.9 Å². The zero-order valence-electron chi connectivity index (χ0n) is 22.6. The smallest absolute Gasteiger partial charge is 0.416 e. The van der Waals surface area contributed by atoms with Crippen LogP contribution in [-0.2, 0) is 6.18 Å². The van der Waals surface area contributed by atoms with Crippen molar-refractivity contribution in [2.75, 3.05) is 37.0 Å². The van der Waals surface area contributed by atoms with E-state index in [1.54, 1.807) is 4.57 Å². The Bertz CT molecular complexity index is 1660. The third-order valence-electron chi connectivity index (χ3n) is 8.37. The van der Waals surface area contributed by atoms with Crippen molar-refractivity contribution in [2.24, 2.45) is 5.92 Å². The first kappa shape index (κ1) is 28.3. The molecule has 2 aliphatic heterocycles. The number of rotatable bonds is 5. The molecule has 1 aromatic heterocycles. The molecule has 3 heterocycles. The van der Waals surface area contributed by atoms with E-state index < -0.39 is 34.5 Å². The van der Waals surface area contributed by atoms with Gasteiger partial charge >= 0.3 is 12.1 Å². The molecule has 2 atom stereocenters. The molecule has 0 radical (unpaired) electrons. The van der Waals surface area contributed by atoms with Crippen LogP contribution in [0.5, 0.6) is 5.75 Å². The molecule has 222 valence electrons. The van der Waals surface area contributed by atoms with Gasteiger partial charge in [-0.1, -0.05) is 6.07 Å². The summed E-state index contributed by atoms with van der Waals surface area (Å²) in [7, 11) is 1.40. The average Bonchev–Trinajstić information content (AvgIpc) is 3.69. The lowest BCUT2D eigenvalue weighted by atomic mass is 9.92. The maximum Gasteiger partial charge on any atom is 0.416 e. The number of hydrogen-bond acceptors (Lipinski definition) is 5. The van der Waals surface area contributed by atoms with Gasteiger partial charge in [-0.25, -0.2) is 9.18 Å². The molecule has 3 fully saturated rings. The van der Waals surface area contributed by atoms with Gasteiger partial charge in [0.25, 0.3) is 0 Å². The largest absolute Gasteiger partial charge is 0.492 e. The standard InChI is InChI=1S/C29H28F4N4O4S/c1-41-26-23-19(25(38)20(27(39)40)13-37(23)18-7-8-18)11-21(30)24(26)35-12-15-4-3-9-36(22(15)14-35)28(42)34-17-6-2-5-16(10-17)29(31,32)33/h2,5-6,10-11,13,15,18,22H,3-4,7-9,12,14H2,1H3,(H,34,42)(H,39,40). The van der Waals surface area contributed by atoms with E-state index in [0.717, 1.165) is 43.9 Å². The predicted molar refractivity (Wildman–Crippen MR) is 153 cm³/mol. The lowest BCUT2D eigenvalue weighted by Crippen LogP contribution is -2.50. The van der Waals surface area contributed by atoms with Gasteiger partial charge in [0.1, 0.15) is 11.3 Å². The number of carbonyl (C=O) groups is 1. The van der Waals surface area contributed by atoms with Gasteiger partial charge in [0.05, 0.1) is 29.6 Å². The zero-order valence-corrected chi connectivity index (χ0v) is 23.4. The molecule has 2 N–H and O–H groups in total. The second kappa shape index (κ2) is 10.4. The zero-order chi connectivity index (χ0) is 29.9. The maximum atomic E-state index is 15.9. The summed E-state index contributed by atoms with van der Waals surface area (Å²) in [5, 5.41) is 12.8. The van der Waals surface area contributed by atoms with Crippen LogP contribution in [-0.4, -0.2) is 58.4 Å². The molecule has 13 heteroatoms. The lowest BCUT2D eigenvalue weighted by Gasteiger charge is -2.38. The van der Waals surface area contributed by atoms with Gasteiger partial charge in [-0.05, 0) is 68.1 Å². The molecular formula is C29H28F4N4O4S. The Hall–Kier alpha value is -3.87. The number of thiocarbonyl (C=S) groups is 1. The number of carboxylic acid groups (broad SMARTS) is 1. The Kier molecular flexibility index (Phi) is 7.03. The SMILES string of the molecule is COc1c(N2CC3CCCN(C(=S)Nc4cccc(C(F)(F)F)c4)C3C2)c(F)cc2c(=O)c(C(=O)O)cn(C3CC3)c12. The summed E-state index contributed by atoms with van der Waals surface area (Å²) in [6.45, 7) is 1.44. The van der Waals surface area contributed by atoms with Crippen LogP contribution >= 0.6 is 12.2 Å². The molecule has 8 nitrogen and oxygen atoms in total. The monoisotopic (exact) mass is 604 g/mol. The number of nitrogens with zero attached hydrogens (tertiary/aromatic N) is 3. The predicted octanol–water partition coefficient (Wildman–Crippen LogP) is 5.50. The highest BCUT2D eigenvalue weighted by atomic mass is 32.1. The van der Waals surface area contributed by atoms with Crippen LogP contribution in [0.3, 0.4) is 0 Å². The van der Waals surface area contributed by atoms with Crippen LogP contribution in [0.25, 0.3) is 10.9 Å². The van der Waals surface area contributed by atoms with Crippen molar-refractivity contribution in [1.29, 1.82) is 0 Å². The number of nitrogens with one attached hydrogen (secondary N) is 1. The number of alkyl halides is 3. The van der Waals surface area contributed by atoms with Crippen molar-refractivity contribution < 1.29 is 32.2 Å². The van der Waals surface area contributed by atoms with Gasteiger partial charge in [0, 0.05) is 37.6 Å². The Labute approximate surface area is 243 Å². The van der Waals surface area contributed by atoms with Gasteiger partial charge in [-0.3, -0.25) is 4.79 Å². The molecule has 2 unspecified atom stereocenters. The van der Waals surface area contributed by atoms with E-state index in [1.165, 1.54) is 25.4 Å². The first-order chi connectivity index (χ1) is 20.0. The summed E-state index contributed by atoms with van der Waals surface area (Å²) in [5.41, 5.74) is -1.20. The summed E-state index contributed by atoms with van der Waals surface area (Å²) in [5.74, 6) is -1.81. The molecule has 0 spiro atoms. The Morgan fingerprint density at radius 3 is 2.60 bits per heavy atom. The number of carboxylic acids is 1. The van der Waals surface area contributed by atoms with Crippen molar-refractivity contribution in [3.63, 3.8) is 0 Å². The molecule has 2 aromatic carbocycles. The van der Waals surface area contributed by atoms with Gasteiger partial charge in [0.15, 0.2) is 16.7 Å². The molecule has 1 aliphatic carbocycles. The normalized spacial score (nSPS) is 20.5. The van der Waals surface area contributed by atoms with E-state index in [2.05, 4.69) is 5.32 Å². The molecule has 6 rings (SSSR count). The number of ether oxygens (including phenoxy) is 1. The van der Waals surface area contributed by atoms with Crippen LogP contribution < -0.4 is 20.4 Å². The number of aromatic nitrogens is 1. The first-order valence-corrected chi connectivity index (χ1v) is 14.1. The number of halogens is 4. The Balaban J connectivity index is 1.33. The highest BCUT2D eigenvalue weighted by Crippen LogP contribution is 2.45. The number of hydrogen-bond donors (Lipinski definition) is 2. The number of aromatic carboxylic acids is 1.